The van der Waals surface area contributed by atoms with Crippen molar-refractivity contribution in [2.45, 2.75) is 129 Å². The van der Waals surface area contributed by atoms with Crippen LogP contribution in [0.2, 0.25) is 0 Å². The van der Waals surface area contributed by atoms with E-state index in [0.29, 0.717) is 18.8 Å². The summed E-state index contributed by atoms with van der Waals surface area (Å²) in [6, 6.07) is 0. The van der Waals surface area contributed by atoms with E-state index in [4.69, 9.17) is 4.74 Å². The lowest BCUT2D eigenvalue weighted by Gasteiger charge is -2.54. The van der Waals surface area contributed by atoms with Gasteiger partial charge in [-0.05, 0) is 119 Å². The highest BCUT2D eigenvalue weighted by Gasteiger charge is 2.58. The average Bonchev–Trinajstić information content (AvgIpc) is 2.96. The van der Waals surface area contributed by atoms with E-state index in [9.17, 15) is 19.8 Å². The van der Waals surface area contributed by atoms with Crippen molar-refractivity contribution in [3.8, 4) is 0 Å². The summed E-state index contributed by atoms with van der Waals surface area (Å²) in [4.78, 5) is 25.1. The minimum absolute atomic E-state index is 0.0233. The van der Waals surface area contributed by atoms with Gasteiger partial charge in [-0.15, -0.1) is 0 Å². The molecule has 4 rings (SSSR count). The molecule has 5 nitrogen and oxygen atoms in total. The van der Waals surface area contributed by atoms with E-state index in [1.165, 1.54) is 0 Å². The molecular weight excluding hydrogens is 440 g/mol. The maximum Gasteiger partial charge on any atom is 0.164 e. The fraction of sp³-hybridized carbons (Fsp3) is 0.867. The minimum Gasteiger partial charge on any atom is -0.390 e. The lowest BCUT2D eigenvalue weighted by molar-refractivity contribution is -0.196. The number of ether oxygens (including phenoxy) is 1. The van der Waals surface area contributed by atoms with Crippen molar-refractivity contribution >= 4 is 12.1 Å². The van der Waals surface area contributed by atoms with Crippen LogP contribution < -0.4 is 0 Å². The molecule has 2 saturated carbocycles. The quantitative estimate of drug-likeness (QED) is 0.517. The van der Waals surface area contributed by atoms with Gasteiger partial charge in [0.15, 0.2) is 5.78 Å². The highest BCUT2D eigenvalue weighted by molar-refractivity contribution is 5.86. The first-order valence-electron chi connectivity index (χ1n) is 13.9. The summed E-state index contributed by atoms with van der Waals surface area (Å²) in [5.41, 5.74) is -1.90. The van der Waals surface area contributed by atoms with Gasteiger partial charge >= 0.3 is 0 Å². The molecule has 0 unspecified atom stereocenters. The summed E-state index contributed by atoms with van der Waals surface area (Å²) in [6.07, 6.45) is 9.78. The van der Waals surface area contributed by atoms with Crippen LogP contribution in [0.25, 0.3) is 0 Å². The fourth-order valence-electron chi connectivity index (χ4n) is 8.81. The molecule has 3 aliphatic carbocycles. The zero-order chi connectivity index (χ0) is 26.0. The molecule has 0 bridgehead atoms. The smallest absolute Gasteiger partial charge is 0.164 e. The number of aldehydes is 1. The van der Waals surface area contributed by atoms with Gasteiger partial charge in [0.1, 0.15) is 11.9 Å². The first-order valence-corrected chi connectivity index (χ1v) is 13.9. The van der Waals surface area contributed by atoms with Crippen LogP contribution in [0, 0.1) is 34.5 Å². The van der Waals surface area contributed by atoms with Crippen LogP contribution in [0.4, 0.5) is 0 Å². The third kappa shape index (κ3) is 4.48. The van der Waals surface area contributed by atoms with Crippen LogP contribution in [-0.2, 0) is 14.3 Å². The number of rotatable bonds is 4. The molecule has 198 valence electrons. The lowest BCUT2D eigenvalue weighted by atomic mass is 9.55. The van der Waals surface area contributed by atoms with E-state index in [1.807, 2.05) is 27.7 Å². The Labute approximate surface area is 212 Å². The topological polar surface area (TPSA) is 83.8 Å². The van der Waals surface area contributed by atoms with E-state index in [-0.39, 0.29) is 40.5 Å². The van der Waals surface area contributed by atoms with E-state index >= 15 is 0 Å². The molecule has 2 N–H and O–H groups in total. The Kier molecular flexibility index (Phi) is 6.77. The summed E-state index contributed by atoms with van der Waals surface area (Å²) in [5, 5.41) is 22.7. The van der Waals surface area contributed by atoms with Crippen molar-refractivity contribution in [1.29, 1.82) is 0 Å². The maximum atomic E-state index is 12.8. The summed E-state index contributed by atoms with van der Waals surface area (Å²) in [5.74, 6) is 0.715. The highest BCUT2D eigenvalue weighted by Crippen LogP contribution is 2.59. The van der Waals surface area contributed by atoms with Crippen LogP contribution in [0.3, 0.4) is 0 Å². The SMILES string of the molecule is CC1(C)O[C@@H]2CC[C@](C)(O)[C@H](CC[C@@H]3C(C=O)=CC[C@@H]4[C@@H](CC[C@@]4(C)O)C3(C)C)[C@@]2(C)CCC1=O. The molecule has 3 fully saturated rings. The number of allylic oxidation sites excluding steroid dienone is 2. The van der Waals surface area contributed by atoms with Gasteiger partial charge in [-0.25, -0.2) is 0 Å². The number of fused-ring (bicyclic) bond motifs is 2. The Bertz CT molecular complexity index is 881. The predicted molar refractivity (Wildman–Crippen MR) is 137 cm³/mol. The zero-order valence-electron chi connectivity index (χ0n) is 23.0. The van der Waals surface area contributed by atoms with Gasteiger partial charge in [0.25, 0.3) is 0 Å². The average molecular weight is 489 g/mol. The number of hydrogen-bond acceptors (Lipinski definition) is 5. The van der Waals surface area contributed by atoms with Crippen molar-refractivity contribution in [3.63, 3.8) is 0 Å². The second kappa shape index (κ2) is 8.77. The second-order valence-corrected chi connectivity index (χ2v) is 14.1. The van der Waals surface area contributed by atoms with E-state index in [0.717, 1.165) is 56.8 Å². The van der Waals surface area contributed by atoms with Gasteiger partial charge in [0.05, 0.1) is 17.3 Å². The summed E-state index contributed by atoms with van der Waals surface area (Å²) in [6.45, 7) is 14.4. The van der Waals surface area contributed by atoms with Gasteiger partial charge in [-0.3, -0.25) is 9.59 Å². The van der Waals surface area contributed by atoms with Crippen molar-refractivity contribution in [3.05, 3.63) is 11.6 Å². The highest BCUT2D eigenvalue weighted by atomic mass is 16.5. The number of hydrogen-bond donors (Lipinski definition) is 2. The number of carbonyl (C=O) groups excluding carboxylic acids is 2. The van der Waals surface area contributed by atoms with Crippen LogP contribution in [0.15, 0.2) is 11.6 Å². The standard InChI is InChI=1S/C30H48O5/c1-26(2)20(19(18-31)8-9-22-21(26)12-16-29(22,6)33)10-11-23-28(5)15-13-24(32)27(3,4)35-25(28)14-17-30(23,7)34/h8,18,20-23,25,33-34H,9-17H2,1-7H3/t20-,21-,22-,23-,25-,28-,29-,30+/m1/s1. The molecule has 0 aromatic heterocycles. The third-order valence-corrected chi connectivity index (χ3v) is 11.2. The predicted octanol–water partition coefficient (Wildman–Crippen LogP) is 5.41. The normalized spacial score (nSPS) is 47.2. The Morgan fingerprint density at radius 3 is 2.26 bits per heavy atom. The molecule has 0 aromatic carbocycles. The van der Waals surface area contributed by atoms with E-state index < -0.39 is 16.8 Å². The molecule has 0 radical (unpaired) electrons. The van der Waals surface area contributed by atoms with Gasteiger partial charge in [0.2, 0.25) is 0 Å². The molecule has 1 heterocycles. The molecule has 0 amide bonds. The molecule has 35 heavy (non-hydrogen) atoms. The first kappa shape index (κ1) is 27.0. The minimum atomic E-state index is -0.842. The van der Waals surface area contributed by atoms with Gasteiger partial charge in [-0.2, -0.15) is 0 Å². The van der Waals surface area contributed by atoms with Crippen molar-refractivity contribution in [1.82, 2.24) is 0 Å². The first-order chi connectivity index (χ1) is 16.1. The van der Waals surface area contributed by atoms with Crippen LogP contribution in [0.5, 0.6) is 0 Å². The monoisotopic (exact) mass is 488 g/mol. The largest absolute Gasteiger partial charge is 0.390 e. The van der Waals surface area contributed by atoms with Crippen LogP contribution in [0.1, 0.15) is 106 Å². The zero-order valence-corrected chi connectivity index (χ0v) is 23.0. The maximum absolute atomic E-state index is 12.8. The van der Waals surface area contributed by atoms with Crippen LogP contribution in [-0.4, -0.2) is 45.2 Å². The van der Waals surface area contributed by atoms with E-state index in [1.54, 1.807) is 0 Å². The number of aliphatic hydroxyl groups is 2. The van der Waals surface area contributed by atoms with E-state index in [2.05, 4.69) is 26.8 Å². The number of Topliss-reactive ketones (excluding diaryl/α,β-unsaturated/α-hetero) is 1. The lowest BCUT2D eigenvalue weighted by Crippen LogP contribution is -2.56. The molecule has 4 aliphatic rings. The molecule has 0 aromatic rings. The number of ketones is 1. The Morgan fingerprint density at radius 1 is 0.943 bits per heavy atom. The van der Waals surface area contributed by atoms with Gasteiger partial charge < -0.3 is 14.9 Å². The van der Waals surface area contributed by atoms with Crippen molar-refractivity contribution in [2.24, 2.45) is 34.5 Å². The van der Waals surface area contributed by atoms with Gasteiger partial charge in [0, 0.05) is 6.42 Å². The second-order valence-electron chi connectivity index (χ2n) is 14.1. The number of carbonyl (C=O) groups is 2. The van der Waals surface area contributed by atoms with Crippen molar-refractivity contribution in [2.75, 3.05) is 0 Å². The summed E-state index contributed by atoms with van der Waals surface area (Å²) >= 11 is 0. The molecule has 0 spiro atoms. The molecule has 5 heteroatoms. The summed E-state index contributed by atoms with van der Waals surface area (Å²) in [7, 11) is 0. The fourth-order valence-corrected chi connectivity index (χ4v) is 8.81. The Morgan fingerprint density at radius 2 is 1.60 bits per heavy atom. The third-order valence-electron chi connectivity index (χ3n) is 11.2. The summed E-state index contributed by atoms with van der Waals surface area (Å²) < 4.78 is 6.46. The molecule has 1 aliphatic heterocycles. The molecule has 8 atom stereocenters. The Hall–Kier alpha value is -1.04. The molecular formula is C30H48O5. The van der Waals surface area contributed by atoms with Gasteiger partial charge in [-0.1, -0.05) is 26.8 Å². The van der Waals surface area contributed by atoms with Crippen molar-refractivity contribution < 1.29 is 24.5 Å². The van der Waals surface area contributed by atoms with Crippen LogP contribution >= 0.6 is 0 Å². The Balaban J connectivity index is 1.63. The molecule has 1 saturated heterocycles.